The first-order valence-corrected chi connectivity index (χ1v) is 9.31. The fourth-order valence-corrected chi connectivity index (χ4v) is 4.83. The number of halogens is 1. The van der Waals surface area contributed by atoms with Crippen LogP contribution in [0.4, 0.5) is 5.69 Å². The standard InChI is InChI=1S/C15H17ClN2O3S/c1-9-7-18(8-13(21-9)10-2-3-10)11-4-5-12-14(6-11)22(19,20)17-15(12)16/h4-6,9-10,13H,2-3,7-8H2,1H3/t9-,13-/m1/s1. The summed E-state index contributed by atoms with van der Waals surface area (Å²) in [4.78, 5) is 2.41. The predicted molar refractivity (Wildman–Crippen MR) is 85.3 cm³/mol. The average Bonchev–Trinajstić information content (AvgIpc) is 3.27. The Balaban J connectivity index is 1.66. The van der Waals surface area contributed by atoms with Crippen molar-refractivity contribution in [2.24, 2.45) is 10.3 Å². The van der Waals surface area contributed by atoms with Crippen LogP contribution < -0.4 is 4.90 Å². The second kappa shape index (κ2) is 4.94. The molecule has 3 aliphatic rings. The number of hydrogen-bond donors (Lipinski definition) is 0. The number of sulfonamides is 1. The van der Waals surface area contributed by atoms with E-state index in [4.69, 9.17) is 16.3 Å². The quantitative estimate of drug-likeness (QED) is 0.829. The molecule has 7 heteroatoms. The number of benzene rings is 1. The SMILES string of the molecule is C[C@@H]1CN(c2ccc3c(c2)S(=O)(=O)N=C3Cl)C[C@H](C2CC2)O1. The highest BCUT2D eigenvalue weighted by Gasteiger charge is 2.38. The van der Waals surface area contributed by atoms with Crippen molar-refractivity contribution in [3.05, 3.63) is 23.8 Å². The van der Waals surface area contributed by atoms with E-state index in [1.54, 1.807) is 12.1 Å². The second-order valence-electron chi connectivity index (χ2n) is 6.27. The van der Waals surface area contributed by atoms with E-state index in [-0.39, 0.29) is 22.3 Å². The van der Waals surface area contributed by atoms with Crippen LogP contribution in [0.15, 0.2) is 27.5 Å². The number of anilines is 1. The van der Waals surface area contributed by atoms with Crippen LogP contribution in [-0.4, -0.2) is 38.9 Å². The summed E-state index contributed by atoms with van der Waals surface area (Å²) in [5.41, 5.74) is 1.38. The molecule has 1 aromatic rings. The Labute approximate surface area is 135 Å². The molecule has 1 aliphatic carbocycles. The lowest BCUT2D eigenvalue weighted by molar-refractivity contribution is -0.0271. The third-order valence-corrected chi connectivity index (χ3v) is 6.17. The summed E-state index contributed by atoms with van der Waals surface area (Å²) in [7, 11) is -3.65. The number of fused-ring (bicyclic) bond motifs is 1. The minimum absolute atomic E-state index is 0.0488. The Morgan fingerprint density at radius 2 is 2.09 bits per heavy atom. The summed E-state index contributed by atoms with van der Waals surface area (Å²) in [5.74, 6) is 0.654. The molecule has 4 rings (SSSR count). The maximum atomic E-state index is 12.0. The van der Waals surface area contributed by atoms with Gasteiger partial charge in [-0.15, -0.1) is 4.40 Å². The Hall–Kier alpha value is -1.11. The van der Waals surface area contributed by atoms with Crippen LogP contribution in [-0.2, 0) is 14.8 Å². The monoisotopic (exact) mass is 340 g/mol. The highest BCUT2D eigenvalue weighted by molar-refractivity contribution is 7.91. The van der Waals surface area contributed by atoms with E-state index in [9.17, 15) is 8.42 Å². The second-order valence-corrected chi connectivity index (χ2v) is 8.20. The maximum Gasteiger partial charge on any atom is 0.284 e. The smallest absolute Gasteiger partial charge is 0.284 e. The molecule has 0 N–H and O–H groups in total. The highest BCUT2D eigenvalue weighted by Crippen LogP contribution is 2.38. The zero-order chi connectivity index (χ0) is 15.5. The molecule has 0 unspecified atom stereocenters. The molecule has 0 spiro atoms. The first kappa shape index (κ1) is 14.5. The summed E-state index contributed by atoms with van der Waals surface area (Å²) < 4.78 is 33.6. The first-order valence-electron chi connectivity index (χ1n) is 7.49. The van der Waals surface area contributed by atoms with Crippen molar-refractivity contribution in [1.82, 2.24) is 0 Å². The van der Waals surface area contributed by atoms with Crippen molar-refractivity contribution in [3.63, 3.8) is 0 Å². The number of hydrogen-bond acceptors (Lipinski definition) is 4. The molecule has 1 saturated carbocycles. The van der Waals surface area contributed by atoms with E-state index in [1.165, 1.54) is 12.8 Å². The maximum absolute atomic E-state index is 12.0. The summed E-state index contributed by atoms with van der Waals surface area (Å²) in [6.45, 7) is 3.63. The van der Waals surface area contributed by atoms with Gasteiger partial charge in [-0.2, -0.15) is 8.42 Å². The number of rotatable bonds is 2. The molecule has 2 atom stereocenters. The molecule has 22 heavy (non-hydrogen) atoms. The van der Waals surface area contributed by atoms with Crippen molar-refractivity contribution < 1.29 is 13.2 Å². The van der Waals surface area contributed by atoms with Crippen LogP contribution in [0.3, 0.4) is 0 Å². The largest absolute Gasteiger partial charge is 0.371 e. The minimum atomic E-state index is -3.65. The van der Waals surface area contributed by atoms with Gasteiger partial charge in [0.25, 0.3) is 10.0 Å². The molecule has 0 amide bonds. The van der Waals surface area contributed by atoms with Gasteiger partial charge in [-0.05, 0) is 43.9 Å². The summed E-state index contributed by atoms with van der Waals surface area (Å²) in [6, 6.07) is 5.35. The molecule has 1 aromatic carbocycles. The van der Waals surface area contributed by atoms with E-state index in [1.807, 2.05) is 6.07 Å². The van der Waals surface area contributed by atoms with Gasteiger partial charge in [0, 0.05) is 24.3 Å². The van der Waals surface area contributed by atoms with Crippen LogP contribution in [0.25, 0.3) is 0 Å². The zero-order valence-corrected chi connectivity index (χ0v) is 13.8. The lowest BCUT2D eigenvalue weighted by atomic mass is 10.1. The summed E-state index contributed by atoms with van der Waals surface area (Å²) >= 11 is 5.90. The Bertz CT molecular complexity index is 758. The van der Waals surface area contributed by atoms with Crippen molar-refractivity contribution in [2.75, 3.05) is 18.0 Å². The molecule has 0 radical (unpaired) electrons. The first-order chi connectivity index (χ1) is 10.4. The molecule has 0 aromatic heterocycles. The zero-order valence-electron chi connectivity index (χ0n) is 12.2. The molecular weight excluding hydrogens is 324 g/mol. The summed E-state index contributed by atoms with van der Waals surface area (Å²) in [5, 5.41) is 0.0488. The average molecular weight is 341 g/mol. The van der Waals surface area contributed by atoms with Crippen LogP contribution in [0.5, 0.6) is 0 Å². The van der Waals surface area contributed by atoms with Crippen molar-refractivity contribution in [3.8, 4) is 0 Å². The van der Waals surface area contributed by atoms with Crippen LogP contribution in [0, 0.1) is 5.92 Å². The normalized spacial score (nSPS) is 30.1. The fraction of sp³-hybridized carbons (Fsp3) is 0.533. The molecule has 2 aliphatic heterocycles. The van der Waals surface area contributed by atoms with Crippen LogP contribution >= 0.6 is 11.6 Å². The number of morpholine rings is 1. The third kappa shape index (κ3) is 2.43. The van der Waals surface area contributed by atoms with Gasteiger partial charge in [-0.25, -0.2) is 0 Å². The van der Waals surface area contributed by atoms with Gasteiger partial charge in [0.05, 0.1) is 12.2 Å². The Morgan fingerprint density at radius 3 is 2.82 bits per heavy atom. The molecule has 118 valence electrons. The van der Waals surface area contributed by atoms with Gasteiger partial charge in [0.15, 0.2) is 5.17 Å². The van der Waals surface area contributed by atoms with Gasteiger partial charge in [0.2, 0.25) is 0 Å². The van der Waals surface area contributed by atoms with Crippen molar-refractivity contribution >= 4 is 32.5 Å². The topological polar surface area (TPSA) is 59.0 Å². The Kier molecular flexibility index (Phi) is 3.25. The van der Waals surface area contributed by atoms with Gasteiger partial charge in [-0.1, -0.05) is 11.6 Å². The van der Waals surface area contributed by atoms with Gasteiger partial charge in [-0.3, -0.25) is 0 Å². The molecular formula is C15H17ClN2O3S. The van der Waals surface area contributed by atoms with E-state index < -0.39 is 10.0 Å². The fourth-order valence-electron chi connectivity index (χ4n) is 3.22. The van der Waals surface area contributed by atoms with Crippen molar-refractivity contribution in [2.45, 2.75) is 36.9 Å². The van der Waals surface area contributed by atoms with Gasteiger partial charge >= 0.3 is 0 Å². The van der Waals surface area contributed by atoms with E-state index in [0.717, 1.165) is 18.8 Å². The lowest BCUT2D eigenvalue weighted by Gasteiger charge is -2.38. The molecule has 2 fully saturated rings. The number of nitrogens with zero attached hydrogens (tertiary/aromatic N) is 2. The Morgan fingerprint density at radius 1 is 1.32 bits per heavy atom. The molecule has 1 saturated heterocycles. The van der Waals surface area contributed by atoms with E-state index >= 15 is 0 Å². The molecule has 0 bridgehead atoms. The molecule has 5 nitrogen and oxygen atoms in total. The third-order valence-electron chi connectivity index (χ3n) is 4.46. The van der Waals surface area contributed by atoms with E-state index in [2.05, 4.69) is 16.2 Å². The lowest BCUT2D eigenvalue weighted by Crippen LogP contribution is -2.47. The van der Waals surface area contributed by atoms with Crippen LogP contribution in [0.1, 0.15) is 25.3 Å². The van der Waals surface area contributed by atoms with E-state index in [0.29, 0.717) is 11.5 Å². The predicted octanol–water partition coefficient (Wildman–Crippen LogP) is 2.38. The number of ether oxygens (including phenoxy) is 1. The van der Waals surface area contributed by atoms with Crippen LogP contribution in [0.2, 0.25) is 0 Å². The summed E-state index contributed by atoms with van der Waals surface area (Å²) in [6.07, 6.45) is 2.85. The minimum Gasteiger partial charge on any atom is -0.371 e. The highest BCUT2D eigenvalue weighted by atomic mass is 35.5. The van der Waals surface area contributed by atoms with Gasteiger partial charge < -0.3 is 9.64 Å². The van der Waals surface area contributed by atoms with Gasteiger partial charge in [0.1, 0.15) is 4.90 Å². The van der Waals surface area contributed by atoms with Crippen molar-refractivity contribution in [1.29, 1.82) is 0 Å². The molecule has 2 heterocycles.